The highest BCUT2D eigenvalue weighted by Gasteiger charge is 1.96. The largest absolute Gasteiger partial charge is 0.370 e. The molecule has 0 aliphatic rings. The van der Waals surface area contributed by atoms with E-state index < -0.39 is 0 Å². The fourth-order valence-electron chi connectivity index (χ4n) is 1.65. The summed E-state index contributed by atoms with van der Waals surface area (Å²) in [5.74, 6) is 1.94. The molecule has 1 aromatic heterocycles. The molecule has 1 heterocycles. The number of pyridine rings is 1. The summed E-state index contributed by atoms with van der Waals surface area (Å²) in [4.78, 5) is 4.51. The Morgan fingerprint density at radius 2 is 1.59 bits per heavy atom. The van der Waals surface area contributed by atoms with Gasteiger partial charge in [0.2, 0.25) is 0 Å². The van der Waals surface area contributed by atoms with Crippen LogP contribution >= 0.6 is 0 Å². The van der Waals surface area contributed by atoms with Crippen LogP contribution in [0.15, 0.2) is 18.2 Å². The Balaban J connectivity index is 2.27. The highest BCUT2D eigenvalue weighted by atomic mass is 15.1. The second-order valence-corrected chi connectivity index (χ2v) is 4.32. The molecule has 0 bridgehead atoms. The zero-order valence-electron chi connectivity index (χ0n) is 11.1. The lowest BCUT2D eigenvalue weighted by molar-refractivity contribution is 0.684. The summed E-state index contributed by atoms with van der Waals surface area (Å²) in [6, 6.07) is 6.08. The van der Waals surface area contributed by atoms with Crippen molar-refractivity contribution in [2.75, 3.05) is 23.7 Å². The molecule has 17 heavy (non-hydrogen) atoms. The molecule has 0 fully saturated rings. The molecule has 1 rings (SSSR count). The summed E-state index contributed by atoms with van der Waals surface area (Å²) in [6.45, 7) is 6.39. The van der Waals surface area contributed by atoms with Crippen LogP contribution in [0.5, 0.6) is 0 Å². The lowest BCUT2D eigenvalue weighted by atomic mass is 10.2. The van der Waals surface area contributed by atoms with Gasteiger partial charge in [-0.1, -0.05) is 39.2 Å². The summed E-state index contributed by atoms with van der Waals surface area (Å²) in [5.41, 5.74) is 0. The van der Waals surface area contributed by atoms with Gasteiger partial charge in [0.25, 0.3) is 0 Å². The molecular weight excluding hydrogens is 210 g/mol. The minimum Gasteiger partial charge on any atom is -0.370 e. The molecule has 0 amide bonds. The highest BCUT2D eigenvalue weighted by Crippen LogP contribution is 2.09. The van der Waals surface area contributed by atoms with Gasteiger partial charge >= 0.3 is 0 Å². The van der Waals surface area contributed by atoms with Gasteiger partial charge in [0, 0.05) is 13.1 Å². The number of hydrogen-bond acceptors (Lipinski definition) is 3. The normalized spacial score (nSPS) is 10.2. The van der Waals surface area contributed by atoms with Gasteiger partial charge in [-0.15, -0.1) is 0 Å². The molecule has 0 atom stereocenters. The second-order valence-electron chi connectivity index (χ2n) is 4.32. The number of nitrogens with zero attached hydrogens (tertiary/aromatic N) is 1. The predicted molar refractivity (Wildman–Crippen MR) is 75.6 cm³/mol. The molecule has 0 aliphatic heterocycles. The number of hydrogen-bond donors (Lipinski definition) is 2. The van der Waals surface area contributed by atoms with Gasteiger partial charge in [0.05, 0.1) is 0 Å². The summed E-state index contributed by atoms with van der Waals surface area (Å²) in [7, 11) is 0. The van der Waals surface area contributed by atoms with Crippen molar-refractivity contribution in [2.45, 2.75) is 46.0 Å². The molecule has 3 nitrogen and oxygen atoms in total. The van der Waals surface area contributed by atoms with Gasteiger partial charge < -0.3 is 10.6 Å². The Kier molecular flexibility index (Phi) is 7.19. The summed E-state index contributed by atoms with van der Waals surface area (Å²) in [6.07, 6.45) is 6.26. The zero-order chi connectivity index (χ0) is 12.3. The maximum absolute atomic E-state index is 4.51. The average Bonchev–Trinajstić information content (AvgIpc) is 2.37. The van der Waals surface area contributed by atoms with Crippen molar-refractivity contribution in [3.63, 3.8) is 0 Å². The standard InChI is InChI=1S/C14H25N3/c1-3-5-6-7-12-16-14-10-8-9-13(17-14)15-11-4-2/h8-10H,3-7,11-12H2,1-2H3,(H2,15,16,17). The van der Waals surface area contributed by atoms with Crippen LogP contribution < -0.4 is 10.6 Å². The molecule has 0 radical (unpaired) electrons. The first-order chi connectivity index (χ1) is 8.36. The predicted octanol–water partition coefficient (Wildman–Crippen LogP) is 3.90. The van der Waals surface area contributed by atoms with E-state index in [1.807, 2.05) is 18.2 Å². The molecule has 3 heteroatoms. The topological polar surface area (TPSA) is 37.0 Å². The quantitative estimate of drug-likeness (QED) is 0.637. The Hall–Kier alpha value is -1.25. The second kappa shape index (κ2) is 8.85. The fraction of sp³-hybridized carbons (Fsp3) is 0.643. The molecule has 0 saturated carbocycles. The molecule has 2 N–H and O–H groups in total. The molecule has 0 spiro atoms. The Bertz CT molecular complexity index is 299. The van der Waals surface area contributed by atoms with E-state index >= 15 is 0 Å². The van der Waals surface area contributed by atoms with Crippen LogP contribution in [0.1, 0.15) is 46.0 Å². The minimum absolute atomic E-state index is 0.963. The zero-order valence-corrected chi connectivity index (χ0v) is 11.1. The van der Waals surface area contributed by atoms with E-state index in [2.05, 4.69) is 29.5 Å². The van der Waals surface area contributed by atoms with Crippen molar-refractivity contribution in [1.29, 1.82) is 0 Å². The van der Waals surface area contributed by atoms with Gasteiger partial charge in [-0.25, -0.2) is 4.98 Å². The van der Waals surface area contributed by atoms with E-state index in [-0.39, 0.29) is 0 Å². The third-order valence-electron chi connectivity index (χ3n) is 2.64. The maximum Gasteiger partial charge on any atom is 0.128 e. The Morgan fingerprint density at radius 1 is 0.882 bits per heavy atom. The SMILES string of the molecule is CCCCCCNc1cccc(NCCC)n1. The summed E-state index contributed by atoms with van der Waals surface area (Å²) < 4.78 is 0. The first kappa shape index (κ1) is 13.8. The lowest BCUT2D eigenvalue weighted by Gasteiger charge is -2.08. The number of rotatable bonds is 9. The molecule has 0 saturated heterocycles. The van der Waals surface area contributed by atoms with Crippen LogP contribution in [0.2, 0.25) is 0 Å². The van der Waals surface area contributed by atoms with Gasteiger partial charge in [-0.05, 0) is 25.0 Å². The number of nitrogens with one attached hydrogen (secondary N) is 2. The maximum atomic E-state index is 4.51. The van der Waals surface area contributed by atoms with Crippen molar-refractivity contribution in [3.8, 4) is 0 Å². The van der Waals surface area contributed by atoms with E-state index in [1.54, 1.807) is 0 Å². The first-order valence-electron chi connectivity index (χ1n) is 6.81. The summed E-state index contributed by atoms with van der Waals surface area (Å²) >= 11 is 0. The smallest absolute Gasteiger partial charge is 0.128 e. The van der Waals surface area contributed by atoms with Gasteiger partial charge in [0.15, 0.2) is 0 Å². The van der Waals surface area contributed by atoms with Crippen LogP contribution in [0.4, 0.5) is 11.6 Å². The van der Waals surface area contributed by atoms with Gasteiger partial charge in [-0.2, -0.15) is 0 Å². The molecule has 0 unspecified atom stereocenters. The van der Waals surface area contributed by atoms with E-state index in [4.69, 9.17) is 0 Å². The van der Waals surface area contributed by atoms with E-state index in [0.29, 0.717) is 0 Å². The molecule has 96 valence electrons. The average molecular weight is 235 g/mol. The monoisotopic (exact) mass is 235 g/mol. The van der Waals surface area contributed by atoms with Crippen LogP contribution in [0, 0.1) is 0 Å². The third-order valence-corrected chi connectivity index (χ3v) is 2.64. The van der Waals surface area contributed by atoms with Crippen molar-refractivity contribution in [3.05, 3.63) is 18.2 Å². The van der Waals surface area contributed by atoms with E-state index in [0.717, 1.165) is 31.1 Å². The molecule has 0 aromatic carbocycles. The van der Waals surface area contributed by atoms with E-state index in [1.165, 1.54) is 25.7 Å². The molecular formula is C14H25N3. The minimum atomic E-state index is 0.963. The van der Waals surface area contributed by atoms with Gasteiger partial charge in [-0.3, -0.25) is 0 Å². The first-order valence-corrected chi connectivity index (χ1v) is 6.81. The third kappa shape index (κ3) is 6.15. The lowest BCUT2D eigenvalue weighted by Crippen LogP contribution is -2.06. The molecule has 0 aliphatic carbocycles. The Morgan fingerprint density at radius 3 is 2.24 bits per heavy atom. The van der Waals surface area contributed by atoms with Crippen molar-refractivity contribution in [2.24, 2.45) is 0 Å². The van der Waals surface area contributed by atoms with Crippen LogP contribution in [-0.2, 0) is 0 Å². The summed E-state index contributed by atoms with van der Waals surface area (Å²) in [5, 5.41) is 6.66. The highest BCUT2D eigenvalue weighted by molar-refractivity contribution is 5.44. The number of unbranched alkanes of at least 4 members (excludes halogenated alkanes) is 3. The fourth-order valence-corrected chi connectivity index (χ4v) is 1.65. The van der Waals surface area contributed by atoms with Crippen LogP contribution in [0.3, 0.4) is 0 Å². The van der Waals surface area contributed by atoms with Crippen LogP contribution in [-0.4, -0.2) is 18.1 Å². The van der Waals surface area contributed by atoms with Crippen LogP contribution in [0.25, 0.3) is 0 Å². The number of aromatic nitrogens is 1. The Labute approximate surface area is 105 Å². The van der Waals surface area contributed by atoms with Crippen molar-refractivity contribution >= 4 is 11.6 Å². The van der Waals surface area contributed by atoms with Crippen molar-refractivity contribution < 1.29 is 0 Å². The van der Waals surface area contributed by atoms with E-state index in [9.17, 15) is 0 Å². The van der Waals surface area contributed by atoms with Crippen molar-refractivity contribution in [1.82, 2.24) is 4.98 Å². The number of anilines is 2. The van der Waals surface area contributed by atoms with Gasteiger partial charge in [0.1, 0.15) is 11.6 Å². The molecule has 1 aromatic rings.